The van der Waals surface area contributed by atoms with Gasteiger partial charge in [0.05, 0.1) is 0 Å². The Hall–Kier alpha value is -3.47. The van der Waals surface area contributed by atoms with Crippen molar-refractivity contribution < 1.29 is 42.2 Å². The number of carbonyl (C=O) groups is 3. The summed E-state index contributed by atoms with van der Waals surface area (Å²) in [6.45, 7) is 9.77. The second-order valence-corrected chi connectivity index (χ2v) is 10.9. The number of alkyl halides is 3. The van der Waals surface area contributed by atoms with E-state index in [9.17, 15) is 27.9 Å². The van der Waals surface area contributed by atoms with E-state index in [2.05, 4.69) is 31.4 Å². The Kier molecular flexibility index (Phi) is 7.66. The summed E-state index contributed by atoms with van der Waals surface area (Å²) >= 11 is 0. The van der Waals surface area contributed by atoms with E-state index in [-0.39, 0.29) is 16.9 Å². The first-order valence-electron chi connectivity index (χ1n) is 11.9. The fourth-order valence-electron chi connectivity index (χ4n) is 5.43. The Morgan fingerprint density at radius 2 is 1.66 bits per heavy atom. The Morgan fingerprint density at radius 1 is 1.05 bits per heavy atom. The summed E-state index contributed by atoms with van der Waals surface area (Å²) in [5.74, 6) is -5.46. The first-order valence-corrected chi connectivity index (χ1v) is 11.9. The molecule has 2 heterocycles. The van der Waals surface area contributed by atoms with Crippen molar-refractivity contribution in [3.05, 3.63) is 64.5 Å². The monoisotopic (exact) mass is 538 g/mol. The highest BCUT2D eigenvalue weighted by molar-refractivity contribution is 6.09. The third-order valence-corrected chi connectivity index (χ3v) is 6.88. The summed E-state index contributed by atoms with van der Waals surface area (Å²) in [6.07, 6.45) is -4.53. The molecule has 1 saturated heterocycles. The molecule has 1 amide bonds. The predicted molar refractivity (Wildman–Crippen MR) is 131 cm³/mol. The van der Waals surface area contributed by atoms with Crippen molar-refractivity contribution in [2.24, 2.45) is 5.41 Å². The number of aryl methyl sites for hydroxylation is 2. The lowest BCUT2D eigenvalue weighted by Crippen LogP contribution is -2.49. The Labute approximate surface area is 217 Å². The van der Waals surface area contributed by atoms with Crippen LogP contribution >= 0.6 is 0 Å². The van der Waals surface area contributed by atoms with Crippen LogP contribution in [0.3, 0.4) is 0 Å². The zero-order valence-corrected chi connectivity index (χ0v) is 21.5. The fourth-order valence-corrected chi connectivity index (χ4v) is 5.43. The molecule has 2 unspecified atom stereocenters. The quantitative estimate of drug-likeness (QED) is 0.413. The van der Waals surface area contributed by atoms with Crippen molar-refractivity contribution in [1.29, 1.82) is 0 Å². The van der Waals surface area contributed by atoms with Crippen LogP contribution in [-0.2, 0) is 19.8 Å². The molecule has 2 aliphatic rings. The number of hydrogen-bond donors (Lipinski definition) is 4. The van der Waals surface area contributed by atoms with E-state index < -0.39 is 47.3 Å². The maximum absolute atomic E-state index is 15.4. The first kappa shape index (κ1) is 29.1. The molecular weight excluding hydrogens is 508 g/mol. The van der Waals surface area contributed by atoms with Crippen LogP contribution in [0.25, 0.3) is 0 Å². The molecule has 1 fully saturated rings. The molecule has 0 radical (unpaired) electrons. The highest BCUT2D eigenvalue weighted by Gasteiger charge is 2.66. The zero-order valence-electron chi connectivity index (χ0n) is 21.5. The maximum atomic E-state index is 15.4. The minimum Gasteiger partial charge on any atom is -0.480 e. The molecule has 2 aliphatic heterocycles. The van der Waals surface area contributed by atoms with E-state index >= 15 is 4.39 Å². The molecule has 7 nitrogen and oxygen atoms in total. The minimum atomic E-state index is -5.08. The Balaban J connectivity index is 0.000000505. The van der Waals surface area contributed by atoms with Crippen LogP contribution in [0.15, 0.2) is 36.4 Å². The van der Waals surface area contributed by atoms with E-state index in [1.807, 2.05) is 25.1 Å². The second-order valence-electron chi connectivity index (χ2n) is 10.9. The number of rotatable bonds is 3. The lowest BCUT2D eigenvalue weighted by molar-refractivity contribution is -0.192. The molecule has 4 N–H and O–H groups in total. The van der Waals surface area contributed by atoms with Gasteiger partial charge < -0.3 is 15.5 Å². The standard InChI is InChI=1S/C25H29FN2O3.C2HF3O2/c1-13-9-10-16-17(11-13)27-23(31)25(16)18(12-24(3,4)5)28-21(22(29)30)19(25)15-8-6-7-14(2)20(15)26;3-2(4,5)1(6)7/h6-11,18-19,21,28H,12H2,1-5H3,(H,27,31)(H,29,30);(H,6,7)/t18?,19?,21-,25-;/m1./s1. The molecule has 1 spiro atoms. The zero-order chi connectivity index (χ0) is 28.8. The minimum absolute atomic E-state index is 0.179. The molecule has 4 rings (SSSR count). The summed E-state index contributed by atoms with van der Waals surface area (Å²) in [6, 6.07) is 9.14. The molecule has 0 saturated carbocycles. The summed E-state index contributed by atoms with van der Waals surface area (Å²) in [5.41, 5.74) is 1.69. The number of fused-ring (bicyclic) bond motifs is 2. The number of halogens is 4. The van der Waals surface area contributed by atoms with Crippen LogP contribution in [-0.4, -0.2) is 46.3 Å². The highest BCUT2D eigenvalue weighted by Crippen LogP contribution is 2.56. The van der Waals surface area contributed by atoms with Crippen LogP contribution in [0.4, 0.5) is 23.2 Å². The Morgan fingerprint density at radius 3 is 2.18 bits per heavy atom. The van der Waals surface area contributed by atoms with Gasteiger partial charge in [0, 0.05) is 17.6 Å². The number of aliphatic carboxylic acids is 2. The summed E-state index contributed by atoms with van der Waals surface area (Å²) in [5, 5.41) is 23.5. The molecule has 2 aromatic rings. The number of carboxylic acids is 2. The van der Waals surface area contributed by atoms with Crippen LogP contribution in [0.1, 0.15) is 55.4 Å². The lowest BCUT2D eigenvalue weighted by Gasteiger charge is -2.37. The molecule has 206 valence electrons. The normalized spacial score (nSPS) is 24.4. The van der Waals surface area contributed by atoms with Gasteiger partial charge in [0.15, 0.2) is 0 Å². The number of carbonyl (C=O) groups excluding carboxylic acids is 1. The van der Waals surface area contributed by atoms with E-state index in [0.717, 1.165) is 11.1 Å². The van der Waals surface area contributed by atoms with Crippen molar-refractivity contribution >= 4 is 23.5 Å². The molecule has 2 aromatic carbocycles. The molecule has 0 aliphatic carbocycles. The molecule has 4 atom stereocenters. The molecule has 0 aromatic heterocycles. The third-order valence-electron chi connectivity index (χ3n) is 6.88. The van der Waals surface area contributed by atoms with Crippen molar-refractivity contribution in [1.82, 2.24) is 5.32 Å². The smallest absolute Gasteiger partial charge is 0.480 e. The predicted octanol–water partition coefficient (Wildman–Crippen LogP) is 4.91. The van der Waals surface area contributed by atoms with Crippen molar-refractivity contribution in [3.8, 4) is 0 Å². The second kappa shape index (κ2) is 10.0. The largest absolute Gasteiger partial charge is 0.490 e. The average Bonchev–Trinajstić information content (AvgIpc) is 3.24. The number of anilines is 1. The number of amides is 1. The summed E-state index contributed by atoms with van der Waals surface area (Å²) in [4.78, 5) is 35.0. The summed E-state index contributed by atoms with van der Waals surface area (Å²) in [7, 11) is 0. The van der Waals surface area contributed by atoms with Crippen molar-refractivity contribution in [3.63, 3.8) is 0 Å². The van der Waals surface area contributed by atoms with Crippen molar-refractivity contribution in [2.45, 2.75) is 70.6 Å². The fraction of sp³-hybridized carbons (Fsp3) is 0.444. The molecule has 11 heteroatoms. The van der Waals surface area contributed by atoms with Gasteiger partial charge in [-0.1, -0.05) is 51.1 Å². The molecular formula is C27H30F4N2O5. The number of benzene rings is 2. The van der Waals surface area contributed by atoms with Gasteiger partial charge >= 0.3 is 18.1 Å². The van der Waals surface area contributed by atoms with Gasteiger partial charge in [-0.3, -0.25) is 14.9 Å². The van der Waals surface area contributed by atoms with E-state index in [1.165, 1.54) is 0 Å². The van der Waals surface area contributed by atoms with Crippen LogP contribution < -0.4 is 10.6 Å². The third kappa shape index (κ3) is 5.24. The topological polar surface area (TPSA) is 116 Å². The number of nitrogens with one attached hydrogen (secondary N) is 2. The lowest BCUT2D eigenvalue weighted by atomic mass is 9.62. The SMILES string of the molecule is Cc1ccc2c(c1)NC(=O)[C@@]21C(CC(C)(C)C)N[C@@H](C(=O)O)C1c1cccc(C)c1F.O=C(O)C(F)(F)F. The Bertz CT molecular complexity index is 1270. The van der Waals surface area contributed by atoms with E-state index in [1.54, 1.807) is 25.1 Å². The highest BCUT2D eigenvalue weighted by atomic mass is 19.4. The van der Waals surface area contributed by atoms with Gasteiger partial charge in [-0.15, -0.1) is 0 Å². The van der Waals surface area contributed by atoms with E-state index in [4.69, 9.17) is 9.90 Å². The van der Waals surface area contributed by atoms with Crippen molar-refractivity contribution in [2.75, 3.05) is 5.32 Å². The average molecular weight is 539 g/mol. The van der Waals surface area contributed by atoms with Gasteiger partial charge in [-0.05, 0) is 54.0 Å². The molecule has 38 heavy (non-hydrogen) atoms. The van der Waals surface area contributed by atoms with Crippen LogP contribution in [0, 0.1) is 25.1 Å². The van der Waals surface area contributed by atoms with Crippen LogP contribution in [0.2, 0.25) is 0 Å². The van der Waals surface area contributed by atoms with Gasteiger partial charge in [-0.2, -0.15) is 13.2 Å². The van der Waals surface area contributed by atoms with Gasteiger partial charge in [0.2, 0.25) is 5.91 Å². The maximum Gasteiger partial charge on any atom is 0.490 e. The van der Waals surface area contributed by atoms with Crippen LogP contribution in [0.5, 0.6) is 0 Å². The number of hydrogen-bond acceptors (Lipinski definition) is 4. The van der Waals surface area contributed by atoms with E-state index in [0.29, 0.717) is 17.7 Å². The first-order chi connectivity index (χ1) is 17.4. The molecule has 0 bridgehead atoms. The van der Waals surface area contributed by atoms with Gasteiger partial charge in [0.1, 0.15) is 17.3 Å². The van der Waals surface area contributed by atoms with Gasteiger partial charge in [-0.25, -0.2) is 9.18 Å². The summed E-state index contributed by atoms with van der Waals surface area (Å²) < 4.78 is 47.1. The number of carboxylic acid groups (broad SMARTS) is 2. The van der Waals surface area contributed by atoms with Gasteiger partial charge in [0.25, 0.3) is 0 Å².